The standard InChI is InChI=1S/C16H14Cl2N4O2/c17-13-5-1-4-12(16(13)18)10-21-22-15(24)7-14(23)20-9-11-3-2-6-19-8-11/h1-6,8,10H,7,9H2,(H,20,23)(H,22,24)/b21-10+. The van der Waals surface area contributed by atoms with E-state index in [1.807, 2.05) is 6.07 Å². The van der Waals surface area contributed by atoms with Gasteiger partial charge in [-0.05, 0) is 17.7 Å². The third kappa shape index (κ3) is 5.64. The van der Waals surface area contributed by atoms with Gasteiger partial charge in [-0.25, -0.2) is 5.43 Å². The van der Waals surface area contributed by atoms with Gasteiger partial charge in [0.05, 0.1) is 16.3 Å². The topological polar surface area (TPSA) is 83.5 Å². The number of carbonyl (C=O) groups excluding carboxylic acids is 2. The number of hydrazone groups is 1. The van der Waals surface area contributed by atoms with Gasteiger partial charge in [-0.15, -0.1) is 0 Å². The quantitative estimate of drug-likeness (QED) is 0.469. The molecule has 124 valence electrons. The summed E-state index contributed by atoms with van der Waals surface area (Å²) in [4.78, 5) is 27.3. The minimum absolute atomic E-state index is 0.307. The Morgan fingerprint density at radius 3 is 2.75 bits per heavy atom. The van der Waals surface area contributed by atoms with Gasteiger partial charge >= 0.3 is 0 Å². The monoisotopic (exact) mass is 364 g/mol. The molecule has 0 atom stereocenters. The van der Waals surface area contributed by atoms with E-state index in [4.69, 9.17) is 23.2 Å². The molecule has 0 saturated heterocycles. The molecule has 0 radical (unpaired) electrons. The lowest BCUT2D eigenvalue weighted by molar-refractivity contribution is -0.129. The van der Waals surface area contributed by atoms with Crippen molar-refractivity contribution in [3.63, 3.8) is 0 Å². The van der Waals surface area contributed by atoms with E-state index in [1.165, 1.54) is 6.21 Å². The van der Waals surface area contributed by atoms with Crippen LogP contribution in [0.1, 0.15) is 17.5 Å². The van der Waals surface area contributed by atoms with Crippen LogP contribution >= 0.6 is 23.2 Å². The average molecular weight is 365 g/mol. The van der Waals surface area contributed by atoms with Crippen molar-refractivity contribution >= 4 is 41.2 Å². The fourth-order valence-electron chi connectivity index (χ4n) is 1.75. The first-order valence-corrected chi connectivity index (χ1v) is 7.73. The maximum atomic E-state index is 11.7. The molecule has 1 aromatic heterocycles. The average Bonchev–Trinajstić information content (AvgIpc) is 2.58. The predicted molar refractivity (Wildman–Crippen MR) is 92.9 cm³/mol. The van der Waals surface area contributed by atoms with Gasteiger partial charge in [-0.3, -0.25) is 14.6 Å². The molecule has 0 saturated carbocycles. The summed E-state index contributed by atoms with van der Waals surface area (Å²) in [6.45, 7) is 0.307. The summed E-state index contributed by atoms with van der Waals surface area (Å²) in [5.74, 6) is -0.944. The molecule has 0 fully saturated rings. The Morgan fingerprint density at radius 2 is 2.00 bits per heavy atom. The molecule has 1 aromatic carbocycles. The highest BCUT2D eigenvalue weighted by Crippen LogP contribution is 2.23. The molecule has 0 unspecified atom stereocenters. The molecule has 1 heterocycles. The van der Waals surface area contributed by atoms with Crippen molar-refractivity contribution in [2.75, 3.05) is 0 Å². The van der Waals surface area contributed by atoms with Crippen LogP contribution in [0, 0.1) is 0 Å². The van der Waals surface area contributed by atoms with Crippen molar-refractivity contribution in [2.24, 2.45) is 5.10 Å². The molecule has 2 amide bonds. The largest absolute Gasteiger partial charge is 0.352 e. The lowest BCUT2D eigenvalue weighted by atomic mass is 10.2. The highest BCUT2D eigenvalue weighted by molar-refractivity contribution is 6.43. The van der Waals surface area contributed by atoms with Crippen LogP contribution < -0.4 is 10.7 Å². The van der Waals surface area contributed by atoms with Gasteiger partial charge in [0.15, 0.2) is 0 Å². The van der Waals surface area contributed by atoms with Crippen LogP contribution in [0.15, 0.2) is 47.8 Å². The molecule has 6 nitrogen and oxygen atoms in total. The second-order valence-electron chi connectivity index (χ2n) is 4.75. The first kappa shape index (κ1) is 17.9. The van der Waals surface area contributed by atoms with E-state index in [0.29, 0.717) is 22.2 Å². The van der Waals surface area contributed by atoms with Crippen molar-refractivity contribution < 1.29 is 9.59 Å². The molecule has 24 heavy (non-hydrogen) atoms. The number of aromatic nitrogens is 1. The van der Waals surface area contributed by atoms with Crippen LogP contribution in [-0.4, -0.2) is 23.0 Å². The van der Waals surface area contributed by atoms with E-state index in [-0.39, 0.29) is 6.42 Å². The summed E-state index contributed by atoms with van der Waals surface area (Å²) in [7, 11) is 0. The number of nitrogens with one attached hydrogen (secondary N) is 2. The zero-order chi connectivity index (χ0) is 17.4. The Hall–Kier alpha value is -2.44. The molecule has 2 aromatic rings. The fraction of sp³-hybridized carbons (Fsp3) is 0.125. The van der Waals surface area contributed by atoms with E-state index in [9.17, 15) is 9.59 Å². The maximum absolute atomic E-state index is 11.7. The number of pyridine rings is 1. The van der Waals surface area contributed by atoms with Gasteiger partial charge in [0.25, 0.3) is 0 Å². The van der Waals surface area contributed by atoms with Gasteiger partial charge in [0.2, 0.25) is 11.8 Å². The van der Waals surface area contributed by atoms with Gasteiger partial charge in [0.1, 0.15) is 6.42 Å². The number of hydrogen-bond donors (Lipinski definition) is 2. The minimum Gasteiger partial charge on any atom is -0.352 e. The van der Waals surface area contributed by atoms with E-state index in [0.717, 1.165) is 5.56 Å². The number of carbonyl (C=O) groups is 2. The highest BCUT2D eigenvalue weighted by Gasteiger charge is 2.08. The number of benzene rings is 1. The van der Waals surface area contributed by atoms with E-state index in [1.54, 1.807) is 36.7 Å². The fourth-order valence-corrected chi connectivity index (χ4v) is 2.10. The second-order valence-corrected chi connectivity index (χ2v) is 5.54. The van der Waals surface area contributed by atoms with E-state index < -0.39 is 11.8 Å². The molecule has 0 aliphatic rings. The van der Waals surface area contributed by atoms with Gasteiger partial charge in [0, 0.05) is 24.5 Å². The summed E-state index contributed by atoms with van der Waals surface area (Å²) in [5, 5.41) is 7.11. The zero-order valence-electron chi connectivity index (χ0n) is 12.5. The van der Waals surface area contributed by atoms with Crippen molar-refractivity contribution in [3.8, 4) is 0 Å². The number of rotatable bonds is 6. The first-order valence-electron chi connectivity index (χ1n) is 6.98. The molecule has 2 N–H and O–H groups in total. The molecular weight excluding hydrogens is 351 g/mol. The zero-order valence-corrected chi connectivity index (χ0v) is 14.0. The molecule has 8 heteroatoms. The molecular formula is C16H14Cl2N4O2. The Labute approximate surface area is 148 Å². The highest BCUT2D eigenvalue weighted by atomic mass is 35.5. The third-order valence-corrected chi connectivity index (χ3v) is 3.74. The Kier molecular flexibility index (Phi) is 6.72. The molecule has 0 spiro atoms. The van der Waals surface area contributed by atoms with Crippen LogP contribution in [0.3, 0.4) is 0 Å². The number of amides is 2. The van der Waals surface area contributed by atoms with Gasteiger partial charge < -0.3 is 5.32 Å². The number of hydrogen-bond acceptors (Lipinski definition) is 4. The van der Waals surface area contributed by atoms with Crippen LogP contribution in [0.2, 0.25) is 10.0 Å². The van der Waals surface area contributed by atoms with E-state index in [2.05, 4.69) is 20.8 Å². The second kappa shape index (κ2) is 9.00. The summed E-state index contributed by atoms with van der Waals surface area (Å²) >= 11 is 11.9. The van der Waals surface area contributed by atoms with Crippen LogP contribution in [0.5, 0.6) is 0 Å². The molecule has 2 rings (SSSR count). The van der Waals surface area contributed by atoms with Gasteiger partial charge in [-0.2, -0.15) is 5.10 Å². The number of halogens is 2. The lowest BCUT2D eigenvalue weighted by Crippen LogP contribution is -2.29. The predicted octanol–water partition coefficient (Wildman–Crippen LogP) is 2.55. The smallest absolute Gasteiger partial charge is 0.249 e. The van der Waals surface area contributed by atoms with Gasteiger partial charge in [-0.1, -0.05) is 41.4 Å². The third-order valence-electron chi connectivity index (χ3n) is 2.91. The SMILES string of the molecule is O=C(CC(=O)N/N=C/c1cccc(Cl)c1Cl)NCc1cccnc1. The van der Waals surface area contributed by atoms with Crippen LogP contribution in [0.4, 0.5) is 0 Å². The summed E-state index contributed by atoms with van der Waals surface area (Å²) in [6.07, 6.45) is 4.31. The number of nitrogens with zero attached hydrogens (tertiary/aromatic N) is 2. The summed E-state index contributed by atoms with van der Waals surface area (Å²) in [5.41, 5.74) is 3.67. The normalized spacial score (nSPS) is 10.6. The van der Waals surface area contributed by atoms with Crippen molar-refractivity contribution in [1.82, 2.24) is 15.7 Å². The van der Waals surface area contributed by atoms with Crippen LogP contribution in [0.25, 0.3) is 0 Å². The summed E-state index contributed by atoms with van der Waals surface area (Å²) < 4.78 is 0. The summed E-state index contributed by atoms with van der Waals surface area (Å²) in [6, 6.07) is 8.65. The van der Waals surface area contributed by atoms with Crippen LogP contribution in [-0.2, 0) is 16.1 Å². The Bertz CT molecular complexity index is 751. The van der Waals surface area contributed by atoms with Crippen molar-refractivity contribution in [2.45, 2.75) is 13.0 Å². The molecule has 0 aliphatic carbocycles. The maximum Gasteiger partial charge on any atom is 0.249 e. The van der Waals surface area contributed by atoms with E-state index >= 15 is 0 Å². The van der Waals surface area contributed by atoms with Crippen molar-refractivity contribution in [3.05, 3.63) is 63.9 Å². The Balaban J connectivity index is 1.77. The minimum atomic E-state index is -0.534. The lowest BCUT2D eigenvalue weighted by Gasteiger charge is -2.04. The molecule has 0 bridgehead atoms. The Morgan fingerprint density at radius 1 is 1.17 bits per heavy atom. The van der Waals surface area contributed by atoms with Crippen molar-refractivity contribution in [1.29, 1.82) is 0 Å². The first-order chi connectivity index (χ1) is 11.6. The molecule has 0 aliphatic heterocycles.